The Morgan fingerprint density at radius 2 is 2.05 bits per heavy atom. The van der Waals surface area contributed by atoms with Gasteiger partial charge in [-0.2, -0.15) is 0 Å². The first kappa shape index (κ1) is 15.1. The van der Waals surface area contributed by atoms with Crippen LogP contribution >= 0.6 is 34.5 Å². The first-order valence-corrected chi connectivity index (χ1v) is 7.31. The van der Waals surface area contributed by atoms with Gasteiger partial charge in [-0.1, -0.05) is 29.3 Å². The number of fused-ring (bicyclic) bond motifs is 1. The largest absolute Gasteiger partial charge is 0.448 e. The molecule has 1 aromatic carbocycles. The molecule has 0 fully saturated rings. The number of amides is 1. The Labute approximate surface area is 129 Å². The minimum Gasteiger partial charge on any atom is -0.448 e. The molecule has 0 aliphatic heterocycles. The second-order valence-electron chi connectivity index (χ2n) is 4.05. The van der Waals surface area contributed by atoms with Crippen molar-refractivity contribution < 1.29 is 14.3 Å². The van der Waals surface area contributed by atoms with Crippen molar-refractivity contribution in [1.29, 1.82) is 0 Å². The molecule has 1 atom stereocenters. The molecule has 0 saturated carbocycles. The highest BCUT2D eigenvalue weighted by atomic mass is 35.5. The lowest BCUT2D eigenvalue weighted by atomic mass is 10.2. The molecule has 0 spiro atoms. The van der Waals surface area contributed by atoms with Crippen molar-refractivity contribution in [3.8, 4) is 0 Å². The number of carbonyl (C=O) groups excluding carboxylic acids is 2. The van der Waals surface area contributed by atoms with Crippen molar-refractivity contribution in [2.24, 2.45) is 0 Å². The van der Waals surface area contributed by atoms with Crippen LogP contribution in [0, 0.1) is 0 Å². The van der Waals surface area contributed by atoms with Crippen LogP contribution in [0.2, 0.25) is 10.0 Å². The summed E-state index contributed by atoms with van der Waals surface area (Å²) in [5.41, 5.74) is 0. The van der Waals surface area contributed by atoms with Crippen LogP contribution in [0.15, 0.2) is 18.2 Å². The van der Waals surface area contributed by atoms with Crippen molar-refractivity contribution in [1.82, 2.24) is 5.32 Å². The first-order chi connectivity index (χ1) is 9.43. The molecule has 0 unspecified atom stereocenters. The monoisotopic (exact) mass is 331 g/mol. The summed E-state index contributed by atoms with van der Waals surface area (Å²) >= 11 is 13.3. The van der Waals surface area contributed by atoms with Crippen LogP contribution in [-0.4, -0.2) is 25.0 Å². The molecule has 0 bridgehead atoms. The number of ether oxygens (including phenoxy) is 1. The van der Waals surface area contributed by atoms with Crippen LogP contribution in [0.1, 0.15) is 16.6 Å². The Hall–Kier alpha value is -1.30. The number of rotatable bonds is 3. The van der Waals surface area contributed by atoms with Crippen LogP contribution in [0.4, 0.5) is 0 Å². The van der Waals surface area contributed by atoms with Crippen molar-refractivity contribution >= 4 is 56.5 Å². The van der Waals surface area contributed by atoms with E-state index in [1.54, 1.807) is 18.2 Å². The van der Waals surface area contributed by atoms with E-state index in [9.17, 15) is 9.59 Å². The average Bonchev–Trinajstić information content (AvgIpc) is 2.74. The lowest BCUT2D eigenvalue weighted by Gasteiger charge is -2.10. The minimum absolute atomic E-state index is 0.264. The van der Waals surface area contributed by atoms with E-state index in [1.165, 1.54) is 25.3 Å². The standard InChI is InChI=1S/C13H11Cl2NO3S/c1-6(12(17)16-2)19-13(18)11-10(15)8-4-3-7(14)5-9(8)20-11/h3-6H,1-2H3,(H,16,17)/t6-/m0/s1. The molecule has 1 heterocycles. The highest BCUT2D eigenvalue weighted by Gasteiger charge is 2.23. The zero-order valence-corrected chi connectivity index (χ0v) is 13.0. The van der Waals surface area contributed by atoms with E-state index in [-0.39, 0.29) is 10.8 Å². The second-order valence-corrected chi connectivity index (χ2v) is 5.91. The normalized spacial score (nSPS) is 12.2. The fraction of sp³-hybridized carbons (Fsp3) is 0.231. The number of hydrogen-bond donors (Lipinski definition) is 1. The molecule has 0 radical (unpaired) electrons. The van der Waals surface area contributed by atoms with Gasteiger partial charge in [0.2, 0.25) is 0 Å². The quantitative estimate of drug-likeness (QED) is 0.875. The first-order valence-electron chi connectivity index (χ1n) is 5.74. The summed E-state index contributed by atoms with van der Waals surface area (Å²) in [6.07, 6.45) is -0.877. The maximum Gasteiger partial charge on any atom is 0.350 e. The van der Waals surface area contributed by atoms with Gasteiger partial charge in [0.25, 0.3) is 5.91 Å². The summed E-state index contributed by atoms with van der Waals surface area (Å²) in [7, 11) is 1.47. The number of hydrogen-bond acceptors (Lipinski definition) is 4. The molecule has 2 rings (SSSR count). The molecule has 7 heteroatoms. The van der Waals surface area contributed by atoms with Gasteiger partial charge in [-0.3, -0.25) is 4.79 Å². The van der Waals surface area contributed by atoms with Gasteiger partial charge in [0.15, 0.2) is 6.10 Å². The summed E-state index contributed by atoms with van der Waals surface area (Å²) < 4.78 is 5.87. The summed E-state index contributed by atoms with van der Waals surface area (Å²) in [5, 5.41) is 4.02. The average molecular weight is 332 g/mol. The third kappa shape index (κ3) is 2.90. The van der Waals surface area contributed by atoms with Crippen LogP contribution < -0.4 is 5.32 Å². The zero-order chi connectivity index (χ0) is 14.9. The van der Waals surface area contributed by atoms with E-state index in [1.807, 2.05) is 0 Å². The van der Waals surface area contributed by atoms with Crippen LogP contribution in [0.25, 0.3) is 10.1 Å². The molecule has 4 nitrogen and oxygen atoms in total. The number of carbonyl (C=O) groups is 2. The Bertz CT molecular complexity index is 684. The van der Waals surface area contributed by atoms with Gasteiger partial charge in [-0.05, 0) is 19.1 Å². The van der Waals surface area contributed by atoms with Gasteiger partial charge in [0.1, 0.15) is 4.88 Å². The lowest BCUT2D eigenvalue weighted by Crippen LogP contribution is -2.33. The van der Waals surface area contributed by atoms with E-state index < -0.39 is 12.1 Å². The maximum absolute atomic E-state index is 12.0. The van der Waals surface area contributed by atoms with Gasteiger partial charge in [-0.25, -0.2) is 4.79 Å². The molecule has 0 saturated heterocycles. The third-order valence-electron chi connectivity index (χ3n) is 2.68. The van der Waals surface area contributed by atoms with Gasteiger partial charge in [-0.15, -0.1) is 11.3 Å². The minimum atomic E-state index is -0.877. The molecule has 2 aromatic rings. The summed E-state index contributed by atoms with van der Waals surface area (Å²) in [6, 6.07) is 5.17. The number of esters is 1. The molecular weight excluding hydrogens is 321 g/mol. The molecular formula is C13H11Cl2NO3S. The summed E-state index contributed by atoms with van der Waals surface area (Å²) in [5.74, 6) is -0.998. The van der Waals surface area contributed by atoms with E-state index in [0.29, 0.717) is 10.0 Å². The van der Waals surface area contributed by atoms with E-state index in [2.05, 4.69) is 5.32 Å². The molecule has 20 heavy (non-hydrogen) atoms. The molecule has 1 N–H and O–H groups in total. The Morgan fingerprint density at radius 1 is 1.35 bits per heavy atom. The highest BCUT2D eigenvalue weighted by molar-refractivity contribution is 7.21. The smallest absolute Gasteiger partial charge is 0.350 e. The van der Waals surface area contributed by atoms with Crippen molar-refractivity contribution in [2.75, 3.05) is 7.05 Å². The third-order valence-corrected chi connectivity index (χ3v) is 4.55. The number of likely N-dealkylation sites (N-methyl/N-ethyl adjacent to an activating group) is 1. The van der Waals surface area contributed by atoms with E-state index in [0.717, 1.165) is 10.1 Å². The Kier molecular flexibility index (Phi) is 4.52. The van der Waals surface area contributed by atoms with Gasteiger partial charge >= 0.3 is 5.97 Å². The topological polar surface area (TPSA) is 55.4 Å². The van der Waals surface area contributed by atoms with Crippen LogP contribution in [-0.2, 0) is 9.53 Å². The van der Waals surface area contributed by atoms with Crippen LogP contribution in [0.3, 0.4) is 0 Å². The van der Waals surface area contributed by atoms with Crippen molar-refractivity contribution in [3.63, 3.8) is 0 Å². The number of thiophene rings is 1. The van der Waals surface area contributed by atoms with E-state index >= 15 is 0 Å². The van der Waals surface area contributed by atoms with Gasteiger partial charge < -0.3 is 10.1 Å². The van der Waals surface area contributed by atoms with Gasteiger partial charge in [0, 0.05) is 22.2 Å². The molecule has 0 aliphatic carbocycles. The van der Waals surface area contributed by atoms with E-state index in [4.69, 9.17) is 27.9 Å². The lowest BCUT2D eigenvalue weighted by molar-refractivity contribution is -0.128. The Balaban J connectivity index is 2.31. The zero-order valence-electron chi connectivity index (χ0n) is 10.7. The van der Waals surface area contributed by atoms with Crippen molar-refractivity contribution in [2.45, 2.75) is 13.0 Å². The van der Waals surface area contributed by atoms with Crippen LogP contribution in [0.5, 0.6) is 0 Å². The fourth-order valence-corrected chi connectivity index (χ4v) is 3.31. The van der Waals surface area contributed by atoms with Gasteiger partial charge in [0.05, 0.1) is 5.02 Å². The summed E-state index contributed by atoms with van der Waals surface area (Å²) in [6.45, 7) is 1.49. The maximum atomic E-state index is 12.0. The predicted octanol–water partition coefficient (Wildman–Crippen LogP) is 3.50. The molecule has 1 aromatic heterocycles. The molecule has 0 aliphatic rings. The number of nitrogens with one attached hydrogen (secondary N) is 1. The number of halogens is 2. The second kappa shape index (κ2) is 5.99. The predicted molar refractivity (Wildman–Crippen MR) is 80.8 cm³/mol. The number of benzene rings is 1. The Morgan fingerprint density at radius 3 is 2.70 bits per heavy atom. The SMILES string of the molecule is CNC(=O)[C@H](C)OC(=O)c1sc2cc(Cl)ccc2c1Cl. The molecule has 1 amide bonds. The summed E-state index contributed by atoms with van der Waals surface area (Å²) in [4.78, 5) is 23.7. The highest BCUT2D eigenvalue weighted by Crippen LogP contribution is 2.37. The van der Waals surface area contributed by atoms with Crippen molar-refractivity contribution in [3.05, 3.63) is 33.1 Å². The fourth-order valence-electron chi connectivity index (χ4n) is 1.64. The molecule has 106 valence electrons.